The average molecular weight is 344 g/mol. The van der Waals surface area contributed by atoms with Gasteiger partial charge in [-0.15, -0.1) is 0 Å². The predicted molar refractivity (Wildman–Crippen MR) is 105 cm³/mol. The quantitative estimate of drug-likeness (QED) is 0.769. The summed E-state index contributed by atoms with van der Waals surface area (Å²) in [6.45, 7) is 5.04. The molecule has 3 aromatic rings. The van der Waals surface area contributed by atoms with Gasteiger partial charge >= 0.3 is 0 Å². The van der Waals surface area contributed by atoms with Gasteiger partial charge in [0.2, 0.25) is 0 Å². The summed E-state index contributed by atoms with van der Waals surface area (Å²) in [4.78, 5) is 13.3. The van der Waals surface area contributed by atoms with Crippen molar-refractivity contribution in [3.63, 3.8) is 0 Å². The van der Waals surface area contributed by atoms with Crippen LogP contribution in [0.3, 0.4) is 0 Å². The number of aromatic amines is 1. The van der Waals surface area contributed by atoms with Crippen LogP contribution < -0.4 is 4.90 Å². The molecule has 4 heteroatoms. The van der Waals surface area contributed by atoms with Gasteiger partial charge in [0.1, 0.15) is 0 Å². The molecule has 7 rings (SSSR count). The molecular formula is C22H24N4. The average Bonchev–Trinajstić information content (AvgIpc) is 3.05. The molecule has 26 heavy (non-hydrogen) atoms. The Bertz CT molecular complexity index is 947. The molecule has 0 saturated carbocycles. The molecule has 4 bridgehead atoms. The summed E-state index contributed by atoms with van der Waals surface area (Å²) in [6, 6.07) is 11.6. The standard InChI is InChI=1S/C22H24N4/c1-2-20(21-4-5-24-22(21)3-1)17-8-18(10-23-9-17)26-13-16-6-15-7-19(26)14-25(11-15)12-16/h1-5,8-10,15-16,19,24H,6-7,11-14H2. The minimum absolute atomic E-state index is 0.654. The van der Waals surface area contributed by atoms with E-state index in [4.69, 9.17) is 0 Å². The van der Waals surface area contributed by atoms with Crippen molar-refractivity contribution in [3.8, 4) is 11.1 Å². The number of piperidine rings is 2. The summed E-state index contributed by atoms with van der Waals surface area (Å²) < 4.78 is 0. The zero-order chi connectivity index (χ0) is 17.1. The van der Waals surface area contributed by atoms with E-state index in [0.717, 1.165) is 11.8 Å². The van der Waals surface area contributed by atoms with E-state index in [1.807, 2.05) is 12.4 Å². The maximum Gasteiger partial charge on any atom is 0.0562 e. The predicted octanol–water partition coefficient (Wildman–Crippen LogP) is 3.76. The van der Waals surface area contributed by atoms with Crippen LogP contribution in [0.4, 0.5) is 5.69 Å². The molecule has 4 fully saturated rings. The van der Waals surface area contributed by atoms with Crippen molar-refractivity contribution in [2.45, 2.75) is 18.9 Å². The molecule has 1 aromatic carbocycles. The van der Waals surface area contributed by atoms with Crippen LogP contribution in [-0.2, 0) is 0 Å². The third-order valence-corrected chi connectivity index (χ3v) is 6.63. The highest BCUT2D eigenvalue weighted by molar-refractivity contribution is 5.95. The lowest BCUT2D eigenvalue weighted by molar-refractivity contribution is 0.0980. The van der Waals surface area contributed by atoms with Gasteiger partial charge in [0, 0.05) is 61.1 Å². The van der Waals surface area contributed by atoms with Crippen LogP contribution in [0, 0.1) is 11.8 Å². The number of pyridine rings is 1. The van der Waals surface area contributed by atoms with Crippen molar-refractivity contribution < 1.29 is 0 Å². The monoisotopic (exact) mass is 344 g/mol. The van der Waals surface area contributed by atoms with Gasteiger partial charge in [0.15, 0.2) is 0 Å². The van der Waals surface area contributed by atoms with Crippen molar-refractivity contribution >= 4 is 16.6 Å². The van der Waals surface area contributed by atoms with Crippen molar-refractivity contribution in [3.05, 3.63) is 48.9 Å². The summed E-state index contributed by atoms with van der Waals surface area (Å²) in [5, 5.41) is 1.27. The Labute approximate surface area is 153 Å². The Morgan fingerprint density at radius 2 is 1.92 bits per heavy atom. The first-order chi connectivity index (χ1) is 12.8. The maximum atomic E-state index is 4.64. The van der Waals surface area contributed by atoms with Gasteiger partial charge in [-0.2, -0.15) is 0 Å². The van der Waals surface area contributed by atoms with E-state index in [-0.39, 0.29) is 0 Å². The number of hydrogen-bond acceptors (Lipinski definition) is 3. The van der Waals surface area contributed by atoms with E-state index in [1.54, 1.807) is 0 Å². The largest absolute Gasteiger partial charge is 0.366 e. The Hall–Kier alpha value is -2.33. The molecule has 0 aliphatic carbocycles. The van der Waals surface area contributed by atoms with Crippen LogP contribution >= 0.6 is 0 Å². The number of nitrogens with zero attached hydrogens (tertiary/aromatic N) is 3. The highest BCUT2D eigenvalue weighted by Gasteiger charge is 2.41. The smallest absolute Gasteiger partial charge is 0.0562 e. The maximum absolute atomic E-state index is 4.64. The fourth-order valence-electron chi connectivity index (χ4n) is 5.67. The number of fused-ring (bicyclic) bond motifs is 2. The van der Waals surface area contributed by atoms with Gasteiger partial charge < -0.3 is 14.8 Å². The normalized spacial score (nSPS) is 30.1. The Morgan fingerprint density at radius 1 is 0.962 bits per heavy atom. The molecule has 4 saturated heterocycles. The van der Waals surface area contributed by atoms with Gasteiger partial charge in [-0.3, -0.25) is 4.98 Å². The van der Waals surface area contributed by atoms with E-state index in [1.165, 1.54) is 66.7 Å². The first-order valence-corrected chi connectivity index (χ1v) is 9.84. The molecule has 2 aromatic heterocycles. The van der Waals surface area contributed by atoms with Crippen LogP contribution in [0.15, 0.2) is 48.9 Å². The zero-order valence-corrected chi connectivity index (χ0v) is 14.9. The fourth-order valence-corrected chi connectivity index (χ4v) is 5.67. The van der Waals surface area contributed by atoms with E-state index in [0.29, 0.717) is 6.04 Å². The molecule has 4 nitrogen and oxygen atoms in total. The van der Waals surface area contributed by atoms with Gasteiger partial charge in [0.25, 0.3) is 0 Å². The summed E-state index contributed by atoms with van der Waals surface area (Å²) in [6.07, 6.45) is 8.87. The lowest BCUT2D eigenvalue weighted by Gasteiger charge is -2.41. The van der Waals surface area contributed by atoms with Gasteiger partial charge in [0.05, 0.1) is 11.9 Å². The molecule has 4 atom stereocenters. The van der Waals surface area contributed by atoms with Crippen molar-refractivity contribution in [2.75, 3.05) is 31.1 Å². The van der Waals surface area contributed by atoms with E-state index < -0.39 is 0 Å². The topological polar surface area (TPSA) is 35.2 Å². The molecule has 132 valence electrons. The minimum Gasteiger partial charge on any atom is -0.366 e. The molecule has 4 aliphatic rings. The highest BCUT2D eigenvalue weighted by Crippen LogP contribution is 2.39. The Kier molecular flexibility index (Phi) is 3.18. The lowest BCUT2D eigenvalue weighted by atomic mass is 9.84. The van der Waals surface area contributed by atoms with Gasteiger partial charge in [-0.05, 0) is 48.4 Å². The molecule has 0 radical (unpaired) electrons. The van der Waals surface area contributed by atoms with Gasteiger partial charge in [-0.1, -0.05) is 12.1 Å². The Balaban J connectivity index is 1.41. The van der Waals surface area contributed by atoms with E-state index in [2.05, 4.69) is 56.3 Å². The summed E-state index contributed by atoms with van der Waals surface area (Å²) >= 11 is 0. The van der Waals surface area contributed by atoms with Crippen LogP contribution in [0.25, 0.3) is 22.0 Å². The zero-order valence-electron chi connectivity index (χ0n) is 14.9. The van der Waals surface area contributed by atoms with E-state index >= 15 is 0 Å². The number of H-pyrrole nitrogens is 1. The summed E-state index contributed by atoms with van der Waals surface area (Å²) in [7, 11) is 0. The van der Waals surface area contributed by atoms with Gasteiger partial charge in [-0.25, -0.2) is 0 Å². The second-order valence-electron chi connectivity index (χ2n) is 8.40. The second-order valence-corrected chi connectivity index (χ2v) is 8.40. The first-order valence-electron chi connectivity index (χ1n) is 9.84. The highest BCUT2D eigenvalue weighted by atomic mass is 15.3. The molecule has 0 amide bonds. The van der Waals surface area contributed by atoms with Crippen molar-refractivity contribution in [2.24, 2.45) is 11.8 Å². The number of benzene rings is 1. The van der Waals surface area contributed by atoms with Crippen LogP contribution in [-0.4, -0.2) is 47.1 Å². The SMILES string of the molecule is c1cc(-c2cncc(N3CC4CC5CC3CN(C5)C4)c2)c2cc[nH]c2c1. The summed E-state index contributed by atoms with van der Waals surface area (Å²) in [5.41, 5.74) is 4.97. The third-order valence-electron chi connectivity index (χ3n) is 6.63. The Morgan fingerprint density at radius 3 is 2.88 bits per heavy atom. The molecule has 6 heterocycles. The molecule has 4 unspecified atom stereocenters. The molecule has 0 spiro atoms. The second kappa shape index (κ2) is 5.58. The molecular weight excluding hydrogens is 320 g/mol. The van der Waals surface area contributed by atoms with Crippen LogP contribution in [0.2, 0.25) is 0 Å². The number of nitrogens with one attached hydrogen (secondary N) is 1. The molecule has 4 aliphatic heterocycles. The van der Waals surface area contributed by atoms with E-state index in [9.17, 15) is 0 Å². The van der Waals surface area contributed by atoms with Crippen molar-refractivity contribution in [1.29, 1.82) is 0 Å². The minimum atomic E-state index is 0.654. The number of rotatable bonds is 2. The van der Waals surface area contributed by atoms with Crippen LogP contribution in [0.1, 0.15) is 12.8 Å². The number of aromatic nitrogens is 2. The lowest BCUT2D eigenvalue weighted by Crippen LogP contribution is -2.49. The van der Waals surface area contributed by atoms with Crippen molar-refractivity contribution in [1.82, 2.24) is 14.9 Å². The first kappa shape index (κ1) is 14.8. The number of hydrogen-bond donors (Lipinski definition) is 1. The third kappa shape index (κ3) is 2.28. The summed E-state index contributed by atoms with van der Waals surface area (Å²) in [5.74, 6) is 1.72. The van der Waals surface area contributed by atoms with Crippen LogP contribution in [0.5, 0.6) is 0 Å². The molecule has 1 N–H and O–H groups in total. The number of anilines is 1. The fraction of sp³-hybridized carbons (Fsp3) is 0.409.